The fourth-order valence-corrected chi connectivity index (χ4v) is 2.07. The number of aromatic hydroxyl groups is 1. The summed E-state index contributed by atoms with van der Waals surface area (Å²) in [5.74, 6) is 0.674. The monoisotopic (exact) mass is 306 g/mol. The Morgan fingerprint density at radius 2 is 1.94 bits per heavy atom. The van der Waals surface area contributed by atoms with Gasteiger partial charge in [-0.15, -0.1) is 0 Å². The standard InChI is InChI=1S/C11H7BrN4O2/c12-7-1-6(17)2-8-9(7)18-10(16-8)5-3-14-11(13)15-4-5/h1-4,17H,(H2,13,14,15). The Labute approximate surface area is 110 Å². The summed E-state index contributed by atoms with van der Waals surface area (Å²) in [7, 11) is 0. The topological polar surface area (TPSA) is 98.1 Å². The Morgan fingerprint density at radius 3 is 2.67 bits per heavy atom. The average Bonchev–Trinajstić information content (AvgIpc) is 2.74. The summed E-state index contributed by atoms with van der Waals surface area (Å²) < 4.78 is 6.22. The Morgan fingerprint density at radius 1 is 1.22 bits per heavy atom. The van der Waals surface area contributed by atoms with Crippen LogP contribution in [0.2, 0.25) is 0 Å². The van der Waals surface area contributed by atoms with E-state index in [2.05, 4.69) is 30.9 Å². The molecule has 0 fully saturated rings. The van der Waals surface area contributed by atoms with Crippen LogP contribution in [0.4, 0.5) is 5.95 Å². The third-order valence-corrected chi connectivity index (χ3v) is 2.94. The summed E-state index contributed by atoms with van der Waals surface area (Å²) in [5.41, 5.74) is 7.13. The second-order valence-electron chi connectivity index (χ2n) is 3.62. The number of nitrogens with zero attached hydrogens (tertiary/aromatic N) is 3. The Balaban J connectivity index is 2.19. The summed E-state index contributed by atoms with van der Waals surface area (Å²) in [5, 5.41) is 9.47. The summed E-state index contributed by atoms with van der Waals surface area (Å²) in [6.07, 6.45) is 3.06. The molecule has 3 N–H and O–H groups in total. The first-order valence-corrected chi connectivity index (χ1v) is 5.80. The largest absolute Gasteiger partial charge is 0.508 e. The van der Waals surface area contributed by atoms with Crippen LogP contribution < -0.4 is 5.73 Å². The van der Waals surface area contributed by atoms with Gasteiger partial charge in [0.1, 0.15) is 11.3 Å². The molecule has 0 bridgehead atoms. The van der Waals surface area contributed by atoms with E-state index < -0.39 is 0 Å². The fraction of sp³-hybridized carbons (Fsp3) is 0. The minimum Gasteiger partial charge on any atom is -0.508 e. The van der Waals surface area contributed by atoms with Gasteiger partial charge in [0, 0.05) is 18.5 Å². The van der Waals surface area contributed by atoms with Crippen molar-refractivity contribution < 1.29 is 9.52 Å². The predicted molar refractivity (Wildman–Crippen MR) is 68.8 cm³/mol. The fourth-order valence-electron chi connectivity index (χ4n) is 1.55. The van der Waals surface area contributed by atoms with Crippen molar-refractivity contribution in [3.63, 3.8) is 0 Å². The summed E-state index contributed by atoms with van der Waals surface area (Å²) in [6, 6.07) is 3.06. The van der Waals surface area contributed by atoms with Crippen LogP contribution in [0.15, 0.2) is 33.4 Å². The number of phenolic OH excluding ortho intramolecular Hbond substituents is 1. The van der Waals surface area contributed by atoms with Crippen molar-refractivity contribution in [1.29, 1.82) is 0 Å². The van der Waals surface area contributed by atoms with Crippen LogP contribution in [-0.4, -0.2) is 20.1 Å². The molecule has 3 aromatic rings. The van der Waals surface area contributed by atoms with Gasteiger partial charge in [0.25, 0.3) is 0 Å². The number of anilines is 1. The van der Waals surface area contributed by atoms with Gasteiger partial charge in [0.15, 0.2) is 5.58 Å². The van der Waals surface area contributed by atoms with Crippen molar-refractivity contribution in [1.82, 2.24) is 15.0 Å². The van der Waals surface area contributed by atoms with Gasteiger partial charge in [0.2, 0.25) is 11.8 Å². The van der Waals surface area contributed by atoms with E-state index in [9.17, 15) is 5.11 Å². The molecule has 0 unspecified atom stereocenters. The highest BCUT2D eigenvalue weighted by Gasteiger charge is 2.12. The molecule has 0 atom stereocenters. The Kier molecular flexibility index (Phi) is 2.41. The average molecular weight is 307 g/mol. The summed E-state index contributed by atoms with van der Waals surface area (Å²) in [4.78, 5) is 12.0. The van der Waals surface area contributed by atoms with Gasteiger partial charge in [0.05, 0.1) is 10.0 Å². The van der Waals surface area contributed by atoms with Crippen LogP contribution in [0.1, 0.15) is 0 Å². The van der Waals surface area contributed by atoms with Crippen molar-refractivity contribution in [2.24, 2.45) is 0 Å². The number of fused-ring (bicyclic) bond motifs is 1. The SMILES string of the molecule is Nc1ncc(-c2nc3cc(O)cc(Br)c3o2)cn1. The first-order chi connectivity index (χ1) is 8.63. The van der Waals surface area contributed by atoms with E-state index in [1.807, 2.05) is 0 Å². The van der Waals surface area contributed by atoms with E-state index in [-0.39, 0.29) is 11.7 Å². The number of rotatable bonds is 1. The van der Waals surface area contributed by atoms with Crippen molar-refractivity contribution in [2.45, 2.75) is 0 Å². The molecule has 6 nitrogen and oxygen atoms in total. The number of nitrogen functional groups attached to an aromatic ring is 1. The van der Waals surface area contributed by atoms with Crippen molar-refractivity contribution in [2.75, 3.05) is 5.73 Å². The number of halogens is 1. The molecule has 90 valence electrons. The number of oxazole rings is 1. The molecule has 0 saturated heterocycles. The molecule has 0 spiro atoms. The first kappa shape index (κ1) is 11.0. The van der Waals surface area contributed by atoms with E-state index in [1.165, 1.54) is 24.5 Å². The minimum atomic E-state index is 0.114. The number of hydrogen-bond acceptors (Lipinski definition) is 6. The number of aromatic nitrogens is 3. The summed E-state index contributed by atoms with van der Waals surface area (Å²) in [6.45, 7) is 0. The second kappa shape index (κ2) is 3.95. The van der Waals surface area contributed by atoms with Crippen LogP contribution in [0.3, 0.4) is 0 Å². The van der Waals surface area contributed by atoms with E-state index in [4.69, 9.17) is 10.2 Å². The third kappa shape index (κ3) is 1.78. The van der Waals surface area contributed by atoms with Crippen LogP contribution in [0, 0.1) is 0 Å². The highest BCUT2D eigenvalue weighted by molar-refractivity contribution is 9.10. The maximum Gasteiger partial charge on any atom is 0.230 e. The molecular formula is C11H7BrN4O2. The zero-order valence-corrected chi connectivity index (χ0v) is 10.5. The smallest absolute Gasteiger partial charge is 0.230 e. The van der Waals surface area contributed by atoms with Gasteiger partial charge in [-0.2, -0.15) is 0 Å². The lowest BCUT2D eigenvalue weighted by molar-refractivity contribution is 0.475. The zero-order valence-electron chi connectivity index (χ0n) is 8.96. The highest BCUT2D eigenvalue weighted by Crippen LogP contribution is 2.32. The maximum absolute atomic E-state index is 9.47. The van der Waals surface area contributed by atoms with Crippen LogP contribution in [0.25, 0.3) is 22.6 Å². The Hall–Kier alpha value is -2.15. The number of benzene rings is 1. The Bertz CT molecular complexity index is 724. The number of hydrogen-bond donors (Lipinski definition) is 2. The maximum atomic E-state index is 9.47. The van der Waals surface area contributed by atoms with Gasteiger partial charge >= 0.3 is 0 Å². The molecule has 0 aliphatic rings. The molecule has 0 aliphatic carbocycles. The van der Waals surface area contributed by atoms with Gasteiger partial charge < -0.3 is 15.3 Å². The highest BCUT2D eigenvalue weighted by atomic mass is 79.9. The number of nitrogens with two attached hydrogens (primary N) is 1. The first-order valence-electron chi connectivity index (χ1n) is 5.00. The molecule has 2 heterocycles. The van der Waals surface area contributed by atoms with E-state index in [1.54, 1.807) is 0 Å². The molecule has 2 aromatic heterocycles. The van der Waals surface area contributed by atoms with Crippen molar-refractivity contribution in [3.05, 3.63) is 29.0 Å². The molecular weight excluding hydrogens is 300 g/mol. The van der Waals surface area contributed by atoms with Gasteiger partial charge in [-0.1, -0.05) is 0 Å². The van der Waals surface area contributed by atoms with Crippen LogP contribution in [0.5, 0.6) is 5.75 Å². The van der Waals surface area contributed by atoms with E-state index >= 15 is 0 Å². The van der Waals surface area contributed by atoms with Gasteiger partial charge in [-0.25, -0.2) is 15.0 Å². The van der Waals surface area contributed by atoms with E-state index in [0.717, 1.165) is 0 Å². The van der Waals surface area contributed by atoms with Gasteiger partial charge in [-0.05, 0) is 22.0 Å². The van der Waals surface area contributed by atoms with Crippen molar-refractivity contribution in [3.8, 4) is 17.2 Å². The molecule has 0 saturated carbocycles. The van der Waals surface area contributed by atoms with E-state index in [0.29, 0.717) is 27.0 Å². The summed E-state index contributed by atoms with van der Waals surface area (Å²) >= 11 is 3.30. The predicted octanol–water partition coefficient (Wildman–Crippen LogP) is 2.34. The quantitative estimate of drug-likeness (QED) is 0.716. The second-order valence-corrected chi connectivity index (χ2v) is 4.48. The molecule has 1 aromatic carbocycles. The normalized spacial score (nSPS) is 10.9. The van der Waals surface area contributed by atoms with Crippen molar-refractivity contribution >= 4 is 33.0 Å². The lowest BCUT2D eigenvalue weighted by atomic mass is 10.3. The molecule has 3 rings (SSSR count). The molecule has 18 heavy (non-hydrogen) atoms. The molecule has 0 radical (unpaired) electrons. The van der Waals surface area contributed by atoms with Crippen LogP contribution in [-0.2, 0) is 0 Å². The lowest BCUT2D eigenvalue weighted by Crippen LogP contribution is -1.93. The third-order valence-electron chi connectivity index (χ3n) is 2.35. The number of phenols is 1. The van der Waals surface area contributed by atoms with Crippen LogP contribution >= 0.6 is 15.9 Å². The van der Waals surface area contributed by atoms with Gasteiger partial charge in [-0.3, -0.25) is 0 Å². The lowest BCUT2D eigenvalue weighted by Gasteiger charge is -1.94. The molecule has 0 aliphatic heterocycles. The molecule has 0 amide bonds. The molecule has 7 heteroatoms. The minimum absolute atomic E-state index is 0.114. The zero-order chi connectivity index (χ0) is 12.7.